The fourth-order valence-electron chi connectivity index (χ4n) is 1.62. The summed E-state index contributed by atoms with van der Waals surface area (Å²) >= 11 is 0. The third-order valence-corrected chi connectivity index (χ3v) is 2.60. The quantitative estimate of drug-likeness (QED) is 0.546. The molecular formula is C15H33NO2. The van der Waals surface area contributed by atoms with E-state index in [2.05, 4.69) is 39.9 Å². The molecule has 0 aromatic rings. The van der Waals surface area contributed by atoms with Crippen LogP contribution in [-0.2, 0) is 9.47 Å². The second-order valence-electron chi connectivity index (χ2n) is 5.89. The molecule has 0 aromatic carbocycles. The van der Waals surface area contributed by atoms with Gasteiger partial charge in [0.05, 0.1) is 19.3 Å². The molecule has 0 aliphatic heterocycles. The number of rotatable bonds is 12. The molecule has 0 aromatic heterocycles. The van der Waals surface area contributed by atoms with Gasteiger partial charge in [0.1, 0.15) is 0 Å². The van der Waals surface area contributed by atoms with Crippen molar-refractivity contribution in [2.75, 3.05) is 32.9 Å². The van der Waals surface area contributed by atoms with Gasteiger partial charge in [0.25, 0.3) is 0 Å². The van der Waals surface area contributed by atoms with Gasteiger partial charge >= 0.3 is 0 Å². The molecule has 0 fully saturated rings. The van der Waals surface area contributed by atoms with Crippen molar-refractivity contribution in [1.29, 1.82) is 0 Å². The third kappa shape index (κ3) is 13.9. The van der Waals surface area contributed by atoms with E-state index in [1.165, 1.54) is 6.42 Å². The zero-order chi connectivity index (χ0) is 13.8. The number of hydrogen-bond acceptors (Lipinski definition) is 3. The van der Waals surface area contributed by atoms with E-state index in [1.807, 2.05) is 0 Å². The van der Waals surface area contributed by atoms with Crippen molar-refractivity contribution >= 4 is 0 Å². The van der Waals surface area contributed by atoms with Crippen LogP contribution in [0.4, 0.5) is 0 Å². The Balaban J connectivity index is 3.19. The molecule has 1 N–H and O–H groups in total. The first-order valence-corrected chi connectivity index (χ1v) is 7.42. The predicted molar refractivity (Wildman–Crippen MR) is 78.0 cm³/mol. The highest BCUT2D eigenvalue weighted by molar-refractivity contribution is 4.55. The maximum atomic E-state index is 5.70. The van der Waals surface area contributed by atoms with Crippen LogP contribution in [0.2, 0.25) is 0 Å². The van der Waals surface area contributed by atoms with E-state index in [0.717, 1.165) is 32.0 Å². The standard InChI is InChI=1S/C15H33NO2/c1-13(2)11-16-8-6-7-15(5)18-10-9-17-12-14(3)4/h13-16H,6-12H2,1-5H3. The molecule has 0 aliphatic rings. The lowest BCUT2D eigenvalue weighted by atomic mass is 10.2. The molecule has 0 heterocycles. The van der Waals surface area contributed by atoms with E-state index in [9.17, 15) is 0 Å². The summed E-state index contributed by atoms with van der Waals surface area (Å²) < 4.78 is 11.2. The fourth-order valence-corrected chi connectivity index (χ4v) is 1.62. The van der Waals surface area contributed by atoms with Gasteiger partial charge in [0, 0.05) is 6.61 Å². The van der Waals surface area contributed by atoms with Gasteiger partial charge < -0.3 is 14.8 Å². The Morgan fingerprint density at radius 2 is 1.67 bits per heavy atom. The van der Waals surface area contributed by atoms with Gasteiger partial charge in [-0.15, -0.1) is 0 Å². The zero-order valence-corrected chi connectivity index (χ0v) is 13.0. The lowest BCUT2D eigenvalue weighted by Crippen LogP contribution is -2.22. The van der Waals surface area contributed by atoms with Crippen LogP contribution in [0.5, 0.6) is 0 Å². The molecular weight excluding hydrogens is 226 g/mol. The lowest BCUT2D eigenvalue weighted by molar-refractivity contribution is 0.00288. The first kappa shape index (κ1) is 17.9. The zero-order valence-electron chi connectivity index (χ0n) is 13.0. The van der Waals surface area contributed by atoms with Crippen molar-refractivity contribution < 1.29 is 9.47 Å². The van der Waals surface area contributed by atoms with Crippen LogP contribution in [0.1, 0.15) is 47.5 Å². The van der Waals surface area contributed by atoms with Crippen molar-refractivity contribution in [3.05, 3.63) is 0 Å². The van der Waals surface area contributed by atoms with Gasteiger partial charge in [-0.2, -0.15) is 0 Å². The Kier molecular flexibility index (Phi) is 11.9. The van der Waals surface area contributed by atoms with Crippen molar-refractivity contribution in [2.24, 2.45) is 11.8 Å². The van der Waals surface area contributed by atoms with E-state index >= 15 is 0 Å². The second kappa shape index (κ2) is 11.9. The highest BCUT2D eigenvalue weighted by Crippen LogP contribution is 2.01. The minimum atomic E-state index is 0.341. The number of nitrogens with one attached hydrogen (secondary N) is 1. The van der Waals surface area contributed by atoms with Gasteiger partial charge in [0.15, 0.2) is 0 Å². The Morgan fingerprint density at radius 1 is 0.944 bits per heavy atom. The summed E-state index contributed by atoms with van der Waals surface area (Å²) in [5, 5.41) is 3.45. The summed E-state index contributed by atoms with van der Waals surface area (Å²) in [5.74, 6) is 1.34. The van der Waals surface area contributed by atoms with Gasteiger partial charge in [-0.05, 0) is 44.7 Å². The molecule has 1 atom stereocenters. The van der Waals surface area contributed by atoms with Crippen LogP contribution in [0.15, 0.2) is 0 Å². The normalized spacial score (nSPS) is 13.5. The van der Waals surface area contributed by atoms with Gasteiger partial charge in [-0.25, -0.2) is 0 Å². The molecule has 0 saturated heterocycles. The molecule has 0 saturated carbocycles. The maximum Gasteiger partial charge on any atom is 0.0704 e. The van der Waals surface area contributed by atoms with E-state index in [0.29, 0.717) is 25.2 Å². The molecule has 18 heavy (non-hydrogen) atoms. The molecule has 0 rings (SSSR count). The Bertz CT molecular complexity index is 154. The minimum Gasteiger partial charge on any atom is -0.379 e. The summed E-state index contributed by atoms with van der Waals surface area (Å²) in [7, 11) is 0. The van der Waals surface area contributed by atoms with Crippen molar-refractivity contribution in [2.45, 2.75) is 53.6 Å². The SMILES string of the molecule is CC(C)CNCCCC(C)OCCOCC(C)C. The van der Waals surface area contributed by atoms with Crippen LogP contribution in [0, 0.1) is 11.8 Å². The molecule has 1 unspecified atom stereocenters. The van der Waals surface area contributed by atoms with Gasteiger partial charge in [-0.1, -0.05) is 27.7 Å². The average Bonchev–Trinajstić information content (AvgIpc) is 2.27. The van der Waals surface area contributed by atoms with Crippen molar-refractivity contribution in [1.82, 2.24) is 5.32 Å². The van der Waals surface area contributed by atoms with Crippen LogP contribution >= 0.6 is 0 Å². The molecule has 0 aliphatic carbocycles. The second-order valence-corrected chi connectivity index (χ2v) is 5.89. The summed E-state index contributed by atoms with van der Waals surface area (Å²) in [6.45, 7) is 15.4. The average molecular weight is 259 g/mol. The summed E-state index contributed by atoms with van der Waals surface area (Å²) in [4.78, 5) is 0. The Hall–Kier alpha value is -0.120. The monoisotopic (exact) mass is 259 g/mol. The minimum absolute atomic E-state index is 0.341. The van der Waals surface area contributed by atoms with Crippen molar-refractivity contribution in [3.8, 4) is 0 Å². The lowest BCUT2D eigenvalue weighted by Gasteiger charge is -2.14. The predicted octanol–water partition coefficient (Wildman–Crippen LogP) is 3.09. The van der Waals surface area contributed by atoms with E-state index in [-0.39, 0.29) is 0 Å². The molecule has 0 amide bonds. The topological polar surface area (TPSA) is 30.5 Å². The summed E-state index contributed by atoms with van der Waals surface area (Å²) in [6, 6.07) is 0. The first-order valence-electron chi connectivity index (χ1n) is 7.42. The molecule has 3 nitrogen and oxygen atoms in total. The largest absolute Gasteiger partial charge is 0.379 e. The van der Waals surface area contributed by atoms with Gasteiger partial charge in [-0.3, -0.25) is 0 Å². The fraction of sp³-hybridized carbons (Fsp3) is 1.00. The third-order valence-electron chi connectivity index (χ3n) is 2.60. The molecule has 110 valence electrons. The van der Waals surface area contributed by atoms with Crippen LogP contribution in [-0.4, -0.2) is 39.0 Å². The molecule has 0 spiro atoms. The molecule has 0 radical (unpaired) electrons. The number of hydrogen-bond donors (Lipinski definition) is 1. The van der Waals surface area contributed by atoms with Crippen LogP contribution in [0.3, 0.4) is 0 Å². The van der Waals surface area contributed by atoms with E-state index < -0.39 is 0 Å². The van der Waals surface area contributed by atoms with Crippen LogP contribution in [0.25, 0.3) is 0 Å². The number of ether oxygens (including phenoxy) is 2. The first-order chi connectivity index (χ1) is 8.52. The molecule has 3 heteroatoms. The molecule has 0 bridgehead atoms. The van der Waals surface area contributed by atoms with E-state index in [4.69, 9.17) is 9.47 Å². The van der Waals surface area contributed by atoms with Gasteiger partial charge in [0.2, 0.25) is 0 Å². The highest BCUT2D eigenvalue weighted by atomic mass is 16.5. The maximum absolute atomic E-state index is 5.70. The smallest absolute Gasteiger partial charge is 0.0704 e. The highest BCUT2D eigenvalue weighted by Gasteiger charge is 2.02. The Morgan fingerprint density at radius 3 is 2.28 bits per heavy atom. The van der Waals surface area contributed by atoms with Crippen molar-refractivity contribution in [3.63, 3.8) is 0 Å². The summed E-state index contributed by atoms with van der Waals surface area (Å²) in [6.07, 6.45) is 2.64. The van der Waals surface area contributed by atoms with E-state index in [1.54, 1.807) is 0 Å². The summed E-state index contributed by atoms with van der Waals surface area (Å²) in [5.41, 5.74) is 0. The van der Waals surface area contributed by atoms with Crippen LogP contribution < -0.4 is 5.32 Å². The Labute approximate surface area is 114 Å².